The van der Waals surface area contributed by atoms with Crippen molar-refractivity contribution >= 4 is 56.1 Å². The number of pyridine rings is 1. The lowest BCUT2D eigenvalue weighted by Crippen LogP contribution is -2.48. The van der Waals surface area contributed by atoms with Crippen molar-refractivity contribution < 1.29 is 50.2 Å². The molecule has 7 rings (SSSR count). The summed E-state index contributed by atoms with van der Waals surface area (Å²) in [5, 5.41) is 0.703. The molecule has 11 nitrogen and oxygen atoms in total. The summed E-state index contributed by atoms with van der Waals surface area (Å²) in [4.78, 5) is 61.8. The average Bonchev–Trinajstić information content (AvgIpc) is 4.03. The van der Waals surface area contributed by atoms with Crippen LogP contribution in [0.1, 0.15) is 109 Å². The molecule has 310 valence electrons. The van der Waals surface area contributed by atoms with Crippen LogP contribution in [-0.2, 0) is 46.5 Å². The Morgan fingerprint density at radius 1 is 1.12 bits per heavy atom. The number of carbonyl (C=O) groups excluding carboxylic acids is 4. The lowest BCUT2D eigenvalue weighted by Gasteiger charge is -2.37. The van der Waals surface area contributed by atoms with E-state index in [0.29, 0.717) is 42.5 Å². The van der Waals surface area contributed by atoms with Crippen molar-refractivity contribution in [2.45, 2.75) is 127 Å². The first-order valence-electron chi connectivity index (χ1n) is 19.9. The number of ether oxygens (including phenoxy) is 2. The molecule has 1 spiro atoms. The standard InChI is InChI=1S/C41H49ClF3N3O8S/c1-24(2)22-55-33(50)17-25-9-7-5-4-6-8-10-26-19-40(26,37(52)47-57(53,54)38(3)15-16-38)21-32(49)31-20-39(23-48(31)36(25)51)14-13-28-29-18-27(42)11-12-30(29)46-35(34(28)56-39)41(43,44)45/h8,10-12,18,24-26,31H,4-7,9,13-17,19-23H2,1-3H3,(H,47,52)/b10-8-/t25-,26-,31+,39-,40-/m1/s1. The molecule has 1 N–H and O–H groups in total. The summed E-state index contributed by atoms with van der Waals surface area (Å²) in [7, 11) is -4.04. The van der Waals surface area contributed by atoms with Crippen LogP contribution in [0.3, 0.4) is 0 Å². The molecule has 0 radical (unpaired) electrons. The summed E-state index contributed by atoms with van der Waals surface area (Å²) in [6, 6.07) is 3.17. The van der Waals surface area contributed by atoms with Crippen molar-refractivity contribution in [2.75, 3.05) is 13.2 Å². The number of fused-ring (bicyclic) bond motifs is 5. The second kappa shape index (κ2) is 15.1. The number of Topliss-reactive ketones (excluding diaryl/α,β-unsaturated/α-hetero) is 1. The summed E-state index contributed by atoms with van der Waals surface area (Å²) in [6.07, 6.45) is 2.35. The fraction of sp³-hybridized carbons (Fsp3) is 0.634. The van der Waals surface area contributed by atoms with Gasteiger partial charge in [-0.15, -0.1) is 0 Å². The van der Waals surface area contributed by atoms with Crippen LogP contribution in [0.5, 0.6) is 5.75 Å². The number of ketones is 1. The minimum absolute atomic E-state index is 0.0551. The number of nitrogens with one attached hydrogen (secondary N) is 1. The topological polar surface area (TPSA) is 149 Å². The maximum absolute atomic E-state index is 14.7. The van der Waals surface area contributed by atoms with E-state index in [1.54, 1.807) is 6.92 Å². The van der Waals surface area contributed by atoms with Crippen LogP contribution < -0.4 is 9.46 Å². The first kappa shape index (κ1) is 41.4. The van der Waals surface area contributed by atoms with Gasteiger partial charge in [-0.25, -0.2) is 13.4 Å². The van der Waals surface area contributed by atoms with Gasteiger partial charge in [-0.3, -0.25) is 23.9 Å². The van der Waals surface area contributed by atoms with Crippen molar-refractivity contribution in [1.82, 2.24) is 14.6 Å². The number of amides is 2. The molecule has 0 bridgehead atoms. The maximum atomic E-state index is 14.7. The Labute approximate surface area is 335 Å². The molecular formula is C41H49ClF3N3O8S. The van der Waals surface area contributed by atoms with Crippen LogP contribution in [-0.4, -0.2) is 71.4 Å². The van der Waals surface area contributed by atoms with Gasteiger partial charge in [0, 0.05) is 34.7 Å². The Balaban J connectivity index is 1.26. The van der Waals surface area contributed by atoms with Crippen LogP contribution in [0.4, 0.5) is 13.2 Å². The minimum Gasteiger partial charge on any atom is -0.483 e. The van der Waals surface area contributed by atoms with Crippen LogP contribution in [0.15, 0.2) is 30.4 Å². The maximum Gasteiger partial charge on any atom is 0.437 e. The van der Waals surface area contributed by atoms with E-state index in [9.17, 15) is 40.8 Å². The molecule has 5 atom stereocenters. The second-order valence-corrected chi connectivity index (χ2v) is 20.1. The number of halogens is 4. The first-order valence-corrected chi connectivity index (χ1v) is 21.7. The average molecular weight is 836 g/mol. The smallest absolute Gasteiger partial charge is 0.437 e. The van der Waals surface area contributed by atoms with E-state index >= 15 is 0 Å². The molecule has 4 heterocycles. The third kappa shape index (κ3) is 8.29. The predicted molar refractivity (Wildman–Crippen MR) is 205 cm³/mol. The Hall–Kier alpha value is -3.72. The van der Waals surface area contributed by atoms with Crippen LogP contribution >= 0.6 is 11.6 Å². The summed E-state index contributed by atoms with van der Waals surface area (Å²) < 4.78 is 83.5. The minimum atomic E-state index is -4.90. The second-order valence-electron chi connectivity index (χ2n) is 17.4. The van der Waals surface area contributed by atoms with Gasteiger partial charge in [0.05, 0.1) is 41.3 Å². The molecule has 57 heavy (non-hydrogen) atoms. The quantitative estimate of drug-likeness (QED) is 0.225. The molecule has 16 heteroatoms. The molecule has 1 saturated heterocycles. The third-order valence-corrected chi connectivity index (χ3v) is 14.9. The van der Waals surface area contributed by atoms with Gasteiger partial charge in [0.25, 0.3) is 0 Å². The predicted octanol–water partition coefficient (Wildman–Crippen LogP) is 7.26. The zero-order valence-corrected chi connectivity index (χ0v) is 34.0. The zero-order valence-electron chi connectivity index (χ0n) is 32.4. The van der Waals surface area contributed by atoms with Crippen LogP contribution in [0.25, 0.3) is 10.9 Å². The number of allylic oxidation sites excluding steroid dienone is 2. The van der Waals surface area contributed by atoms with Gasteiger partial charge in [0.2, 0.25) is 21.8 Å². The number of benzene rings is 1. The number of hydrogen-bond acceptors (Lipinski definition) is 9. The molecule has 1 aromatic heterocycles. The van der Waals surface area contributed by atoms with Crippen molar-refractivity contribution in [3.63, 3.8) is 0 Å². The number of aryl methyl sites for hydroxylation is 1. The van der Waals surface area contributed by atoms with Gasteiger partial charge in [0.1, 0.15) is 5.60 Å². The van der Waals surface area contributed by atoms with E-state index in [1.807, 2.05) is 26.0 Å². The molecule has 2 aromatic rings. The normalized spacial score (nSPS) is 29.4. The van der Waals surface area contributed by atoms with Gasteiger partial charge in [0.15, 0.2) is 17.2 Å². The SMILES string of the molecule is CC(C)COC(=O)C[C@H]1CCCCC/C=C\[C@@H]2C[C@@]2(C(=O)NS(=O)(=O)C2(C)CC2)CC(=O)[C@@H]2C[C@]3(CCc4c(c(C(F)(F)F)nc5ccc(Cl)cc45)O3)CN2C1=O. The molecule has 2 saturated carbocycles. The van der Waals surface area contributed by atoms with Gasteiger partial charge < -0.3 is 14.4 Å². The highest BCUT2D eigenvalue weighted by atomic mass is 35.5. The molecular weight excluding hydrogens is 787 g/mol. The monoisotopic (exact) mass is 835 g/mol. The Morgan fingerprint density at radius 3 is 2.58 bits per heavy atom. The molecule has 2 aliphatic carbocycles. The fourth-order valence-electron chi connectivity index (χ4n) is 8.68. The van der Waals surface area contributed by atoms with E-state index in [0.717, 1.165) is 12.8 Å². The van der Waals surface area contributed by atoms with E-state index in [1.165, 1.54) is 23.1 Å². The summed E-state index contributed by atoms with van der Waals surface area (Å²) in [6.45, 7) is 5.23. The Bertz CT molecular complexity index is 2120. The van der Waals surface area contributed by atoms with Crippen LogP contribution in [0, 0.1) is 23.2 Å². The Kier molecular flexibility index (Phi) is 11.0. The lowest BCUT2D eigenvalue weighted by atomic mass is 9.85. The highest BCUT2D eigenvalue weighted by Gasteiger charge is 2.63. The van der Waals surface area contributed by atoms with Crippen molar-refractivity contribution in [2.24, 2.45) is 23.2 Å². The van der Waals surface area contributed by atoms with Gasteiger partial charge >= 0.3 is 12.1 Å². The third-order valence-electron chi connectivity index (χ3n) is 12.5. The van der Waals surface area contributed by atoms with E-state index in [2.05, 4.69) is 9.71 Å². The van der Waals surface area contributed by atoms with E-state index in [-0.39, 0.29) is 62.3 Å². The molecule has 0 unspecified atom stereocenters. The molecule has 5 aliphatic rings. The van der Waals surface area contributed by atoms with E-state index < -0.39 is 91.3 Å². The van der Waals surface area contributed by atoms with Crippen molar-refractivity contribution in [3.8, 4) is 5.75 Å². The number of alkyl halides is 3. The number of rotatable bonds is 7. The summed E-state index contributed by atoms with van der Waals surface area (Å²) >= 11 is 6.26. The Morgan fingerprint density at radius 2 is 1.88 bits per heavy atom. The van der Waals surface area contributed by atoms with Crippen molar-refractivity contribution in [1.29, 1.82) is 0 Å². The van der Waals surface area contributed by atoms with Crippen LogP contribution in [0.2, 0.25) is 5.02 Å². The van der Waals surface area contributed by atoms with Crippen molar-refractivity contribution in [3.05, 3.63) is 46.6 Å². The molecule has 1 aromatic carbocycles. The number of sulfonamides is 1. The molecule has 3 fully saturated rings. The summed E-state index contributed by atoms with van der Waals surface area (Å²) in [5.74, 6) is -4.17. The molecule has 2 amide bonds. The highest BCUT2D eigenvalue weighted by Crippen LogP contribution is 2.58. The van der Waals surface area contributed by atoms with Gasteiger partial charge in [-0.2, -0.15) is 13.2 Å². The number of hydrogen-bond donors (Lipinski definition) is 1. The number of esters is 1. The van der Waals surface area contributed by atoms with E-state index in [4.69, 9.17) is 21.1 Å². The lowest BCUT2D eigenvalue weighted by molar-refractivity contribution is -0.151. The van der Waals surface area contributed by atoms with Gasteiger partial charge in [-0.05, 0) is 88.3 Å². The number of carbonyl (C=O) groups is 4. The zero-order chi connectivity index (χ0) is 41.1. The van der Waals surface area contributed by atoms with Gasteiger partial charge in [-0.1, -0.05) is 50.4 Å². The largest absolute Gasteiger partial charge is 0.483 e. The first-order chi connectivity index (χ1) is 26.8. The fourth-order valence-corrected chi connectivity index (χ4v) is 10.2. The highest BCUT2D eigenvalue weighted by molar-refractivity contribution is 7.91. The molecule has 3 aliphatic heterocycles. The number of aromatic nitrogens is 1. The summed E-state index contributed by atoms with van der Waals surface area (Å²) in [5.41, 5.74) is -3.72. The number of nitrogens with zero attached hydrogens (tertiary/aromatic N) is 2.